The lowest BCUT2D eigenvalue weighted by Gasteiger charge is -2.15. The van der Waals surface area contributed by atoms with Crippen molar-refractivity contribution < 1.29 is 9.53 Å². The number of carbonyl (C=O) groups is 1. The lowest BCUT2D eigenvalue weighted by Crippen LogP contribution is -2.28. The SMILES string of the molecule is O=C1/C(=C/c2cccc(OCc3cccc4ccccc34)c2)SC(=Nc2ccc(Cl)cc2)N1c1ccc(Cl)cc1. The van der Waals surface area contributed by atoms with Crippen LogP contribution in [0.5, 0.6) is 5.75 Å². The molecule has 0 aliphatic carbocycles. The molecule has 0 radical (unpaired) electrons. The first-order valence-corrected chi connectivity index (χ1v) is 14.1. The van der Waals surface area contributed by atoms with E-state index < -0.39 is 0 Å². The number of amides is 1. The normalized spacial score (nSPS) is 15.3. The number of amidine groups is 1. The lowest BCUT2D eigenvalue weighted by molar-refractivity contribution is -0.113. The Morgan fingerprint density at radius 1 is 0.800 bits per heavy atom. The van der Waals surface area contributed by atoms with Gasteiger partial charge in [0.25, 0.3) is 5.91 Å². The van der Waals surface area contributed by atoms with Gasteiger partial charge in [-0.2, -0.15) is 0 Å². The zero-order chi connectivity index (χ0) is 27.5. The van der Waals surface area contributed by atoms with Crippen LogP contribution in [-0.4, -0.2) is 11.1 Å². The van der Waals surface area contributed by atoms with E-state index in [2.05, 4.69) is 24.3 Å². The van der Waals surface area contributed by atoms with Gasteiger partial charge in [0.2, 0.25) is 0 Å². The zero-order valence-corrected chi connectivity index (χ0v) is 23.5. The predicted octanol–water partition coefficient (Wildman–Crippen LogP) is 9.53. The highest BCUT2D eigenvalue weighted by Crippen LogP contribution is 2.38. The van der Waals surface area contributed by atoms with Crippen LogP contribution in [0.3, 0.4) is 0 Å². The van der Waals surface area contributed by atoms with Gasteiger partial charge in [-0.05, 0) is 100 Å². The van der Waals surface area contributed by atoms with Gasteiger partial charge in [-0.3, -0.25) is 9.69 Å². The number of nitrogens with zero attached hydrogens (tertiary/aromatic N) is 2. The van der Waals surface area contributed by atoms with Crippen molar-refractivity contribution in [2.24, 2.45) is 4.99 Å². The number of carbonyl (C=O) groups excluding carboxylic acids is 1. The number of ether oxygens (including phenoxy) is 1. The second-order valence-electron chi connectivity index (χ2n) is 9.10. The molecule has 1 amide bonds. The molecule has 7 heteroatoms. The van der Waals surface area contributed by atoms with E-state index in [0.29, 0.717) is 38.1 Å². The standard InChI is InChI=1S/C33H22Cl2N2O2S/c34-25-11-15-27(16-12-25)36-33-37(28-17-13-26(35)14-18-28)32(38)31(40-33)20-22-5-3-9-29(19-22)39-21-24-8-4-7-23-6-1-2-10-30(23)24/h1-20H,21H2/b31-20-,36-33?. The molecule has 5 aromatic rings. The molecule has 1 fully saturated rings. The van der Waals surface area contributed by atoms with E-state index in [1.807, 2.05) is 72.8 Å². The predicted molar refractivity (Wildman–Crippen MR) is 168 cm³/mol. The highest BCUT2D eigenvalue weighted by molar-refractivity contribution is 8.19. The van der Waals surface area contributed by atoms with Crippen LogP contribution in [0.25, 0.3) is 16.8 Å². The number of halogens is 2. The van der Waals surface area contributed by atoms with Gasteiger partial charge in [0.15, 0.2) is 5.17 Å². The van der Waals surface area contributed by atoms with Gasteiger partial charge in [-0.1, -0.05) is 77.8 Å². The average Bonchev–Trinajstić information content (AvgIpc) is 3.27. The van der Waals surface area contributed by atoms with Gasteiger partial charge in [0, 0.05) is 10.0 Å². The lowest BCUT2D eigenvalue weighted by atomic mass is 10.1. The molecule has 0 bridgehead atoms. The third-order valence-corrected chi connectivity index (χ3v) is 7.85. The molecule has 0 unspecified atom stereocenters. The summed E-state index contributed by atoms with van der Waals surface area (Å²) in [6.45, 7) is 0.442. The van der Waals surface area contributed by atoms with Crippen molar-refractivity contribution in [2.45, 2.75) is 6.61 Å². The van der Waals surface area contributed by atoms with Crippen LogP contribution in [0.2, 0.25) is 10.0 Å². The van der Waals surface area contributed by atoms with E-state index in [1.54, 1.807) is 29.2 Å². The molecule has 0 aromatic heterocycles. The van der Waals surface area contributed by atoms with Gasteiger partial charge in [-0.25, -0.2) is 4.99 Å². The van der Waals surface area contributed by atoms with Crippen LogP contribution in [0.15, 0.2) is 125 Å². The van der Waals surface area contributed by atoms with Crippen molar-refractivity contribution in [3.05, 3.63) is 141 Å². The van der Waals surface area contributed by atoms with Crippen molar-refractivity contribution in [3.63, 3.8) is 0 Å². The summed E-state index contributed by atoms with van der Waals surface area (Å²) in [6, 6.07) is 36.5. The smallest absolute Gasteiger partial charge is 0.271 e. The van der Waals surface area contributed by atoms with Gasteiger partial charge in [0.1, 0.15) is 12.4 Å². The topological polar surface area (TPSA) is 41.9 Å². The number of aliphatic imine (C=N–C) groups is 1. The maximum absolute atomic E-state index is 13.6. The van der Waals surface area contributed by atoms with E-state index in [0.717, 1.165) is 16.9 Å². The van der Waals surface area contributed by atoms with E-state index in [1.165, 1.54) is 22.5 Å². The summed E-state index contributed by atoms with van der Waals surface area (Å²) in [4.78, 5) is 20.5. The fourth-order valence-electron chi connectivity index (χ4n) is 4.42. The van der Waals surface area contributed by atoms with Crippen LogP contribution in [0.1, 0.15) is 11.1 Å². The molecule has 1 saturated heterocycles. The first kappa shape index (κ1) is 26.2. The Balaban J connectivity index is 1.28. The van der Waals surface area contributed by atoms with Crippen molar-refractivity contribution >= 4 is 74.3 Å². The van der Waals surface area contributed by atoms with Crippen LogP contribution >= 0.6 is 35.0 Å². The van der Waals surface area contributed by atoms with Gasteiger partial charge in [0.05, 0.1) is 16.3 Å². The number of hydrogen-bond acceptors (Lipinski definition) is 4. The summed E-state index contributed by atoms with van der Waals surface area (Å²) in [5.41, 5.74) is 3.36. The monoisotopic (exact) mass is 580 g/mol. The molecule has 0 saturated carbocycles. The minimum Gasteiger partial charge on any atom is -0.489 e. The summed E-state index contributed by atoms with van der Waals surface area (Å²) in [5.74, 6) is 0.560. The van der Waals surface area contributed by atoms with Crippen molar-refractivity contribution in [1.82, 2.24) is 0 Å². The Kier molecular flexibility index (Phi) is 7.60. The molecule has 0 atom stereocenters. The van der Waals surface area contributed by atoms with E-state index in [9.17, 15) is 4.79 Å². The summed E-state index contributed by atoms with van der Waals surface area (Å²) < 4.78 is 6.17. The molecule has 1 heterocycles. The minimum absolute atomic E-state index is 0.165. The number of hydrogen-bond donors (Lipinski definition) is 0. The molecule has 1 aliphatic heterocycles. The maximum Gasteiger partial charge on any atom is 0.271 e. The quantitative estimate of drug-likeness (QED) is 0.188. The fraction of sp³-hybridized carbons (Fsp3) is 0.0303. The van der Waals surface area contributed by atoms with Gasteiger partial charge >= 0.3 is 0 Å². The second kappa shape index (κ2) is 11.6. The minimum atomic E-state index is -0.165. The Morgan fingerprint density at radius 2 is 1.50 bits per heavy atom. The van der Waals surface area contributed by atoms with Crippen LogP contribution in [0, 0.1) is 0 Å². The third kappa shape index (κ3) is 5.77. The number of thioether (sulfide) groups is 1. The van der Waals surface area contributed by atoms with E-state index in [-0.39, 0.29) is 5.91 Å². The fourth-order valence-corrected chi connectivity index (χ4v) is 5.67. The number of fused-ring (bicyclic) bond motifs is 1. The Hall–Kier alpha value is -4.03. The Morgan fingerprint density at radius 3 is 2.30 bits per heavy atom. The van der Waals surface area contributed by atoms with Crippen molar-refractivity contribution in [2.75, 3.05) is 4.90 Å². The van der Waals surface area contributed by atoms with E-state index in [4.69, 9.17) is 32.9 Å². The molecular weight excluding hydrogens is 559 g/mol. The first-order valence-electron chi connectivity index (χ1n) is 12.6. The molecule has 1 aliphatic rings. The molecule has 6 rings (SSSR count). The zero-order valence-electron chi connectivity index (χ0n) is 21.1. The second-order valence-corrected chi connectivity index (χ2v) is 11.0. The number of benzene rings is 5. The van der Waals surface area contributed by atoms with Crippen LogP contribution < -0.4 is 9.64 Å². The number of rotatable bonds is 6. The largest absolute Gasteiger partial charge is 0.489 e. The summed E-state index contributed by atoms with van der Waals surface area (Å²) >= 11 is 13.5. The summed E-state index contributed by atoms with van der Waals surface area (Å²) in [5, 5.41) is 4.11. The highest BCUT2D eigenvalue weighted by atomic mass is 35.5. The van der Waals surface area contributed by atoms with Crippen molar-refractivity contribution in [1.29, 1.82) is 0 Å². The molecule has 0 N–H and O–H groups in total. The van der Waals surface area contributed by atoms with E-state index >= 15 is 0 Å². The van der Waals surface area contributed by atoms with Gasteiger partial charge in [-0.15, -0.1) is 0 Å². The van der Waals surface area contributed by atoms with Crippen LogP contribution in [-0.2, 0) is 11.4 Å². The number of anilines is 1. The molecule has 40 heavy (non-hydrogen) atoms. The Bertz CT molecular complexity index is 1760. The third-order valence-electron chi connectivity index (χ3n) is 6.37. The summed E-state index contributed by atoms with van der Waals surface area (Å²) in [7, 11) is 0. The molecule has 196 valence electrons. The average molecular weight is 582 g/mol. The van der Waals surface area contributed by atoms with Crippen molar-refractivity contribution in [3.8, 4) is 5.75 Å². The molecule has 5 aromatic carbocycles. The first-order chi connectivity index (χ1) is 19.5. The molecule has 4 nitrogen and oxygen atoms in total. The van der Waals surface area contributed by atoms with Gasteiger partial charge < -0.3 is 4.74 Å². The van der Waals surface area contributed by atoms with Crippen LogP contribution in [0.4, 0.5) is 11.4 Å². The molecular formula is C33H22Cl2N2O2S. The highest BCUT2D eigenvalue weighted by Gasteiger charge is 2.34. The molecule has 0 spiro atoms. The maximum atomic E-state index is 13.6. The summed E-state index contributed by atoms with van der Waals surface area (Å²) in [6.07, 6.45) is 1.87. The Labute approximate surface area is 246 Å².